The van der Waals surface area contributed by atoms with Crippen LogP contribution in [0.25, 0.3) is 0 Å². The summed E-state index contributed by atoms with van der Waals surface area (Å²) in [6, 6.07) is 2.63. The summed E-state index contributed by atoms with van der Waals surface area (Å²) in [5.41, 5.74) is -1.14. The quantitative estimate of drug-likeness (QED) is 0.778. The van der Waals surface area contributed by atoms with Gasteiger partial charge in [0.2, 0.25) is 5.91 Å². The van der Waals surface area contributed by atoms with E-state index in [0.29, 0.717) is 0 Å². The van der Waals surface area contributed by atoms with Crippen LogP contribution in [0, 0.1) is 0 Å². The molecular formula is C13H15ClF3NO3. The highest BCUT2D eigenvalue weighted by atomic mass is 35.5. The molecule has 118 valence electrons. The zero-order valence-corrected chi connectivity index (χ0v) is 11.9. The van der Waals surface area contributed by atoms with Crippen molar-refractivity contribution >= 4 is 17.5 Å². The lowest BCUT2D eigenvalue weighted by atomic mass is 10.00. The number of halogens is 4. The van der Waals surface area contributed by atoms with E-state index in [1.54, 1.807) is 0 Å². The molecule has 1 rings (SSSR count). The molecule has 0 spiro atoms. The number of carbonyl (C=O) groups excluding carboxylic acids is 1. The van der Waals surface area contributed by atoms with Gasteiger partial charge in [-0.15, -0.1) is 0 Å². The third-order valence-electron chi connectivity index (χ3n) is 2.77. The topological polar surface area (TPSA) is 69.6 Å². The van der Waals surface area contributed by atoms with Gasteiger partial charge in [0.15, 0.2) is 0 Å². The molecule has 3 N–H and O–H groups in total. The van der Waals surface area contributed by atoms with E-state index in [1.165, 1.54) is 6.92 Å². The van der Waals surface area contributed by atoms with E-state index in [2.05, 4.69) is 5.32 Å². The second-order valence-corrected chi connectivity index (χ2v) is 4.99. The van der Waals surface area contributed by atoms with Crippen LogP contribution in [0.3, 0.4) is 0 Å². The molecule has 2 atom stereocenters. The van der Waals surface area contributed by atoms with Crippen LogP contribution in [0.2, 0.25) is 5.02 Å². The number of benzene rings is 1. The van der Waals surface area contributed by atoms with Crippen LogP contribution in [0.15, 0.2) is 18.2 Å². The maximum atomic E-state index is 12.7. The first kappa shape index (κ1) is 17.7. The van der Waals surface area contributed by atoms with Crippen molar-refractivity contribution in [1.82, 2.24) is 5.32 Å². The van der Waals surface area contributed by atoms with Crippen LogP contribution in [0.1, 0.15) is 30.6 Å². The molecule has 0 aromatic heterocycles. The maximum Gasteiger partial charge on any atom is 0.416 e. The zero-order chi connectivity index (χ0) is 16.2. The Morgan fingerprint density at radius 2 is 1.95 bits per heavy atom. The van der Waals surface area contributed by atoms with Crippen molar-refractivity contribution in [3.8, 4) is 0 Å². The van der Waals surface area contributed by atoms with E-state index < -0.39 is 23.9 Å². The lowest BCUT2D eigenvalue weighted by Gasteiger charge is -2.19. The van der Waals surface area contributed by atoms with Crippen molar-refractivity contribution in [2.24, 2.45) is 0 Å². The summed E-state index contributed by atoms with van der Waals surface area (Å²) in [6.07, 6.45) is -7.45. The van der Waals surface area contributed by atoms with E-state index in [1.807, 2.05) is 0 Å². The molecule has 0 radical (unpaired) electrons. The van der Waals surface area contributed by atoms with E-state index in [0.717, 1.165) is 18.2 Å². The first-order valence-corrected chi connectivity index (χ1v) is 6.47. The van der Waals surface area contributed by atoms with Gasteiger partial charge in [-0.3, -0.25) is 4.79 Å². The molecule has 0 aliphatic rings. The smallest absolute Gasteiger partial charge is 0.390 e. The Balaban J connectivity index is 2.84. The molecule has 0 aliphatic carbocycles. The van der Waals surface area contributed by atoms with Gasteiger partial charge >= 0.3 is 6.18 Å². The first-order chi connectivity index (χ1) is 9.61. The van der Waals surface area contributed by atoms with Crippen LogP contribution in [0.5, 0.6) is 0 Å². The molecule has 0 aliphatic heterocycles. The number of carbonyl (C=O) groups is 1. The lowest BCUT2D eigenvalue weighted by Crippen LogP contribution is -2.27. The largest absolute Gasteiger partial charge is 0.416 e. The molecule has 8 heteroatoms. The molecule has 0 heterocycles. The van der Waals surface area contributed by atoms with Crippen LogP contribution in [-0.2, 0) is 11.0 Å². The summed E-state index contributed by atoms with van der Waals surface area (Å²) < 4.78 is 38.0. The third-order valence-corrected chi connectivity index (χ3v) is 2.99. The average Bonchev–Trinajstić information content (AvgIpc) is 2.35. The lowest BCUT2D eigenvalue weighted by molar-refractivity contribution is -0.137. The number of rotatable bonds is 5. The van der Waals surface area contributed by atoms with Crippen molar-refractivity contribution in [3.63, 3.8) is 0 Å². The van der Waals surface area contributed by atoms with E-state index in [-0.39, 0.29) is 29.5 Å². The fourth-order valence-electron chi connectivity index (χ4n) is 1.72. The third kappa shape index (κ3) is 5.53. The Hall–Kier alpha value is -1.31. The van der Waals surface area contributed by atoms with Crippen molar-refractivity contribution in [2.75, 3.05) is 6.54 Å². The van der Waals surface area contributed by atoms with Crippen LogP contribution >= 0.6 is 11.6 Å². The first-order valence-electron chi connectivity index (χ1n) is 6.09. The molecule has 1 aromatic carbocycles. The fraction of sp³-hybridized carbons (Fsp3) is 0.462. The summed E-state index contributed by atoms with van der Waals surface area (Å²) >= 11 is 5.60. The molecule has 21 heavy (non-hydrogen) atoms. The summed E-state index contributed by atoms with van der Waals surface area (Å²) in [5, 5.41) is 21.8. The van der Waals surface area contributed by atoms with Crippen molar-refractivity contribution < 1.29 is 28.2 Å². The molecule has 0 saturated heterocycles. The number of alkyl halides is 3. The molecule has 0 bridgehead atoms. The minimum Gasteiger partial charge on any atom is -0.390 e. The number of amides is 1. The Bertz CT molecular complexity index is 508. The van der Waals surface area contributed by atoms with Crippen LogP contribution in [0.4, 0.5) is 13.2 Å². The second kappa shape index (κ2) is 7.11. The molecule has 1 aromatic rings. The van der Waals surface area contributed by atoms with Gasteiger partial charge in [0.25, 0.3) is 0 Å². The highest BCUT2D eigenvalue weighted by Gasteiger charge is 2.32. The molecular weight excluding hydrogens is 311 g/mol. The second-order valence-electron chi connectivity index (χ2n) is 4.55. The van der Waals surface area contributed by atoms with Gasteiger partial charge in [-0.05, 0) is 30.2 Å². The Morgan fingerprint density at radius 1 is 1.33 bits per heavy atom. The molecule has 2 unspecified atom stereocenters. The van der Waals surface area contributed by atoms with Gasteiger partial charge in [0.1, 0.15) is 6.10 Å². The van der Waals surface area contributed by atoms with E-state index in [4.69, 9.17) is 11.6 Å². The molecule has 1 amide bonds. The zero-order valence-electron chi connectivity index (χ0n) is 11.1. The molecule has 0 saturated carbocycles. The van der Waals surface area contributed by atoms with Gasteiger partial charge in [-0.2, -0.15) is 13.2 Å². The Morgan fingerprint density at radius 3 is 2.48 bits per heavy atom. The highest BCUT2D eigenvalue weighted by molar-refractivity contribution is 6.30. The molecule has 4 nitrogen and oxygen atoms in total. The van der Waals surface area contributed by atoms with Gasteiger partial charge in [-0.1, -0.05) is 11.6 Å². The Labute approximate surface area is 124 Å². The highest BCUT2D eigenvalue weighted by Crippen LogP contribution is 2.34. The SMILES string of the molecule is CC(=O)NCCC(O)C(O)c1cc(Cl)cc(C(F)(F)F)c1. The van der Waals surface area contributed by atoms with Crippen molar-refractivity contribution in [2.45, 2.75) is 31.7 Å². The van der Waals surface area contributed by atoms with E-state index in [9.17, 15) is 28.2 Å². The normalized spacial score (nSPS) is 14.6. The minimum atomic E-state index is -4.60. The molecule has 0 fully saturated rings. The summed E-state index contributed by atoms with van der Waals surface area (Å²) in [4.78, 5) is 10.7. The average molecular weight is 326 g/mol. The summed E-state index contributed by atoms with van der Waals surface area (Å²) in [6.45, 7) is 1.38. The van der Waals surface area contributed by atoms with Crippen LogP contribution in [-0.4, -0.2) is 28.8 Å². The number of aliphatic hydroxyl groups is 2. The van der Waals surface area contributed by atoms with Gasteiger partial charge in [-0.25, -0.2) is 0 Å². The number of nitrogens with one attached hydrogen (secondary N) is 1. The predicted octanol–water partition coefficient (Wildman–Crippen LogP) is 2.28. The maximum absolute atomic E-state index is 12.7. The number of hydrogen-bond donors (Lipinski definition) is 3. The predicted molar refractivity (Wildman–Crippen MR) is 70.7 cm³/mol. The van der Waals surface area contributed by atoms with Gasteiger partial charge in [0.05, 0.1) is 11.7 Å². The Kier molecular flexibility index (Phi) is 6.00. The fourth-order valence-corrected chi connectivity index (χ4v) is 1.97. The van der Waals surface area contributed by atoms with Gasteiger partial charge in [0, 0.05) is 18.5 Å². The van der Waals surface area contributed by atoms with Crippen LogP contribution < -0.4 is 5.32 Å². The standard InChI is InChI=1S/C13H15ClF3NO3/c1-7(19)18-3-2-11(20)12(21)8-4-9(13(15,16)17)6-10(14)5-8/h4-6,11-12,20-21H,2-3H2,1H3,(H,18,19). The minimum absolute atomic E-state index is 0.00535. The van der Waals surface area contributed by atoms with Gasteiger partial charge < -0.3 is 15.5 Å². The number of aliphatic hydroxyl groups excluding tert-OH is 2. The van der Waals surface area contributed by atoms with Crippen molar-refractivity contribution in [1.29, 1.82) is 0 Å². The van der Waals surface area contributed by atoms with Crippen molar-refractivity contribution in [3.05, 3.63) is 34.3 Å². The summed E-state index contributed by atoms with van der Waals surface area (Å²) in [7, 11) is 0. The summed E-state index contributed by atoms with van der Waals surface area (Å²) in [5.74, 6) is -0.307. The number of hydrogen-bond acceptors (Lipinski definition) is 3. The van der Waals surface area contributed by atoms with E-state index >= 15 is 0 Å². The monoisotopic (exact) mass is 325 g/mol.